The summed E-state index contributed by atoms with van der Waals surface area (Å²) in [6.45, 7) is 17.0. The highest BCUT2D eigenvalue weighted by atomic mass is 16.5. The lowest BCUT2D eigenvalue weighted by Gasteiger charge is -2.64. The molecule has 0 spiro atoms. The molecule has 0 aromatic rings. The molecule has 3 fully saturated rings. The summed E-state index contributed by atoms with van der Waals surface area (Å²) in [5, 5.41) is 34.0. The van der Waals surface area contributed by atoms with E-state index in [1.54, 1.807) is 5.57 Å². The van der Waals surface area contributed by atoms with Crippen molar-refractivity contribution in [3.05, 3.63) is 11.6 Å². The van der Waals surface area contributed by atoms with Crippen molar-refractivity contribution >= 4 is 5.97 Å². The van der Waals surface area contributed by atoms with E-state index < -0.39 is 11.0 Å². The molecule has 1 unspecified atom stereocenters. The molecule has 0 saturated heterocycles. The molecule has 0 aliphatic heterocycles. The van der Waals surface area contributed by atoms with E-state index >= 15 is 0 Å². The van der Waals surface area contributed by atoms with Crippen LogP contribution in [0, 0.1) is 45.3 Å². The van der Waals surface area contributed by atoms with Crippen molar-refractivity contribution in [1.29, 1.82) is 0 Å². The van der Waals surface area contributed by atoms with Gasteiger partial charge in [0.05, 0.1) is 11.7 Å². The first-order chi connectivity index (χ1) is 17.0. The monoisotopic (exact) mass is 518 g/mol. The molecule has 4 aliphatic rings. The maximum absolute atomic E-state index is 12.0. The third-order valence-electron chi connectivity index (χ3n) is 12.2. The largest absolute Gasteiger partial charge is 0.462 e. The van der Waals surface area contributed by atoms with Gasteiger partial charge in [0.2, 0.25) is 0 Å². The molecule has 3 saturated carbocycles. The van der Waals surface area contributed by atoms with E-state index in [-0.39, 0.29) is 46.9 Å². The quantitative estimate of drug-likeness (QED) is 0.282. The molecule has 4 rings (SSSR count). The van der Waals surface area contributed by atoms with E-state index in [1.807, 2.05) is 6.92 Å². The lowest BCUT2D eigenvalue weighted by Crippen LogP contribution is -2.60. The predicted molar refractivity (Wildman–Crippen MR) is 147 cm³/mol. The van der Waals surface area contributed by atoms with Crippen molar-refractivity contribution in [2.24, 2.45) is 45.3 Å². The van der Waals surface area contributed by atoms with Gasteiger partial charge in [0.25, 0.3) is 0 Å². The molecular weight excluding hydrogens is 464 g/mol. The number of aliphatic hydroxyl groups is 3. The van der Waals surface area contributed by atoms with Gasteiger partial charge in [-0.1, -0.05) is 53.2 Å². The minimum absolute atomic E-state index is 0.0619. The van der Waals surface area contributed by atoms with E-state index in [2.05, 4.69) is 47.6 Å². The van der Waals surface area contributed by atoms with Crippen LogP contribution in [-0.2, 0) is 9.53 Å². The Morgan fingerprint density at radius 3 is 2.41 bits per heavy atom. The second-order valence-electron chi connectivity index (χ2n) is 15.1. The Hall–Kier alpha value is -0.910. The fourth-order valence-corrected chi connectivity index (χ4v) is 10.4. The van der Waals surface area contributed by atoms with Crippen LogP contribution in [0.25, 0.3) is 0 Å². The lowest BCUT2D eigenvalue weighted by atomic mass is 9.40. The van der Waals surface area contributed by atoms with Crippen molar-refractivity contribution in [1.82, 2.24) is 0 Å². The maximum atomic E-state index is 12.0. The van der Waals surface area contributed by atoms with Gasteiger partial charge in [-0.25, -0.2) is 0 Å². The number of ether oxygens (including phenoxy) is 1. The number of carbonyl (C=O) groups excluding carboxylic acids is 1. The van der Waals surface area contributed by atoms with Gasteiger partial charge in [0.1, 0.15) is 6.10 Å². The fourth-order valence-electron chi connectivity index (χ4n) is 10.4. The highest BCUT2D eigenvalue weighted by Gasteiger charge is 2.68. The number of allylic oxidation sites excluding steroid dienone is 2. The number of fused-ring (bicyclic) bond motifs is 5. The maximum Gasteiger partial charge on any atom is 0.302 e. The SMILES string of the molecule is CC(=O)OC(CC(C)C)C[C@@](C)(O)[C@H]1CC[C@@]2(C)[C@@H]3CC[C@H]4C(C)(C)[C@@H](O)CC[C@]4(C)C3=CC[C@]12CO. The van der Waals surface area contributed by atoms with Gasteiger partial charge in [-0.2, -0.15) is 0 Å². The van der Waals surface area contributed by atoms with Gasteiger partial charge < -0.3 is 20.1 Å². The molecule has 5 nitrogen and oxygen atoms in total. The van der Waals surface area contributed by atoms with Crippen LogP contribution in [0.5, 0.6) is 0 Å². The van der Waals surface area contributed by atoms with Gasteiger partial charge in [-0.3, -0.25) is 4.79 Å². The number of rotatable bonds is 7. The van der Waals surface area contributed by atoms with E-state index in [4.69, 9.17) is 4.74 Å². The zero-order chi connectivity index (χ0) is 27.6. The Morgan fingerprint density at radius 2 is 1.81 bits per heavy atom. The molecule has 0 heterocycles. The summed E-state index contributed by atoms with van der Waals surface area (Å²) >= 11 is 0. The Kier molecular flexibility index (Phi) is 7.57. The van der Waals surface area contributed by atoms with Gasteiger partial charge in [-0.05, 0) is 98.2 Å². The van der Waals surface area contributed by atoms with Crippen LogP contribution in [-0.4, -0.2) is 45.7 Å². The molecule has 5 heteroatoms. The zero-order valence-electron chi connectivity index (χ0n) is 24.8. The minimum atomic E-state index is -1.04. The highest BCUT2D eigenvalue weighted by molar-refractivity contribution is 5.66. The van der Waals surface area contributed by atoms with Crippen LogP contribution in [0.4, 0.5) is 0 Å². The van der Waals surface area contributed by atoms with Gasteiger partial charge in [0, 0.05) is 25.4 Å². The molecule has 9 atom stereocenters. The second kappa shape index (κ2) is 9.63. The minimum Gasteiger partial charge on any atom is -0.462 e. The van der Waals surface area contributed by atoms with Crippen LogP contribution in [0.15, 0.2) is 11.6 Å². The summed E-state index contributed by atoms with van der Waals surface area (Å²) in [6, 6.07) is 0. The molecule has 0 bridgehead atoms. The van der Waals surface area contributed by atoms with E-state index in [9.17, 15) is 20.1 Å². The molecule has 0 radical (unpaired) electrons. The second-order valence-corrected chi connectivity index (χ2v) is 15.1. The number of carbonyl (C=O) groups is 1. The summed E-state index contributed by atoms with van der Waals surface area (Å²) in [4.78, 5) is 11.8. The molecule has 3 N–H and O–H groups in total. The fraction of sp³-hybridized carbons (Fsp3) is 0.906. The third kappa shape index (κ3) is 4.43. The van der Waals surface area contributed by atoms with E-state index in [0.29, 0.717) is 24.2 Å². The Bertz CT molecular complexity index is 905. The van der Waals surface area contributed by atoms with Crippen LogP contribution >= 0.6 is 0 Å². The first-order valence-electron chi connectivity index (χ1n) is 14.9. The van der Waals surface area contributed by atoms with E-state index in [1.165, 1.54) is 6.92 Å². The van der Waals surface area contributed by atoms with Crippen LogP contribution < -0.4 is 0 Å². The molecule has 212 valence electrons. The summed E-state index contributed by atoms with van der Waals surface area (Å²) in [6.07, 6.45) is 9.70. The van der Waals surface area contributed by atoms with Crippen LogP contribution in [0.1, 0.15) is 113 Å². The average Bonchev–Trinajstić information content (AvgIpc) is 3.10. The summed E-state index contributed by atoms with van der Waals surface area (Å²) in [7, 11) is 0. The van der Waals surface area contributed by atoms with E-state index in [0.717, 1.165) is 51.4 Å². The molecule has 0 aromatic heterocycles. The Labute approximate surface area is 225 Å². The van der Waals surface area contributed by atoms with Crippen molar-refractivity contribution < 1.29 is 24.9 Å². The third-order valence-corrected chi connectivity index (χ3v) is 12.2. The normalized spacial score (nSPS) is 43.2. The van der Waals surface area contributed by atoms with Crippen molar-refractivity contribution in [3.63, 3.8) is 0 Å². The molecular formula is C32H54O5. The molecule has 37 heavy (non-hydrogen) atoms. The summed E-state index contributed by atoms with van der Waals surface area (Å²) < 4.78 is 5.68. The van der Waals surface area contributed by atoms with Gasteiger partial charge in [-0.15, -0.1) is 0 Å². The number of hydrogen-bond donors (Lipinski definition) is 3. The molecule has 0 amide bonds. The topological polar surface area (TPSA) is 87.0 Å². The van der Waals surface area contributed by atoms with Crippen LogP contribution in [0.3, 0.4) is 0 Å². The Morgan fingerprint density at radius 1 is 1.14 bits per heavy atom. The van der Waals surface area contributed by atoms with Gasteiger partial charge in [0.15, 0.2) is 0 Å². The standard InChI is InChI=1S/C32H54O5/c1-20(2)17-22(37-21(3)34)18-31(8,36)26-12-15-30(7)24-9-10-25-28(4,5)27(35)13-14-29(25,6)23(24)11-16-32(26,30)19-33/h11,20,22,24-27,33,35-36H,9-10,12-19H2,1-8H3/t22?,24-,25+,26-,27+,29-,30+,31-,32+/m1/s1. The first-order valence-corrected chi connectivity index (χ1v) is 14.9. The number of aliphatic hydroxyl groups excluding tert-OH is 2. The Balaban J connectivity index is 1.68. The smallest absolute Gasteiger partial charge is 0.302 e. The predicted octanol–water partition coefficient (Wildman–Crippen LogP) is 6.04. The summed E-state index contributed by atoms with van der Waals surface area (Å²) in [5.74, 6) is 0.840. The zero-order valence-corrected chi connectivity index (χ0v) is 24.8. The average molecular weight is 519 g/mol. The highest BCUT2D eigenvalue weighted by Crippen LogP contribution is 2.73. The number of hydrogen-bond acceptors (Lipinski definition) is 5. The van der Waals surface area contributed by atoms with Gasteiger partial charge >= 0.3 is 5.97 Å². The lowest BCUT2D eigenvalue weighted by molar-refractivity contribution is -0.162. The van der Waals surface area contributed by atoms with Crippen molar-refractivity contribution in [3.8, 4) is 0 Å². The van der Waals surface area contributed by atoms with Crippen molar-refractivity contribution in [2.75, 3.05) is 6.61 Å². The van der Waals surface area contributed by atoms with Crippen molar-refractivity contribution in [2.45, 2.75) is 131 Å². The van der Waals surface area contributed by atoms with Crippen LogP contribution in [0.2, 0.25) is 0 Å². The molecule has 4 aliphatic carbocycles. The molecule has 0 aromatic carbocycles. The number of esters is 1. The summed E-state index contributed by atoms with van der Waals surface area (Å²) in [5.41, 5.74) is 0.0101. The first kappa shape index (κ1) is 29.1.